The van der Waals surface area contributed by atoms with Gasteiger partial charge in [0, 0.05) is 0 Å². The number of benzene rings is 2. The molecule has 2 aromatic carbocycles. The first-order valence-electron chi connectivity index (χ1n) is 7.52. The number of nitriles is 1. The molecule has 0 saturated carbocycles. The molecule has 7 heteroatoms. The minimum atomic E-state index is -0.722. The van der Waals surface area contributed by atoms with Gasteiger partial charge in [0.05, 0.1) is 28.9 Å². The molecule has 1 aromatic heterocycles. The number of nitrogens with zero attached hydrogens (tertiary/aromatic N) is 3. The van der Waals surface area contributed by atoms with Crippen LogP contribution in [0, 0.1) is 29.9 Å². The van der Waals surface area contributed by atoms with Gasteiger partial charge in [0.25, 0.3) is 5.56 Å². The van der Waals surface area contributed by atoms with Crippen LogP contribution >= 0.6 is 0 Å². The molecule has 0 saturated heterocycles. The largest absolute Gasteiger partial charge is 0.322 e. The van der Waals surface area contributed by atoms with Crippen LogP contribution in [0.1, 0.15) is 29.9 Å². The third kappa shape index (κ3) is 2.77. The van der Waals surface area contributed by atoms with Gasteiger partial charge in [-0.25, -0.2) is 13.8 Å². The lowest BCUT2D eigenvalue weighted by Crippen LogP contribution is -2.28. The summed E-state index contributed by atoms with van der Waals surface area (Å²) < 4.78 is 29.2. The van der Waals surface area contributed by atoms with Crippen molar-refractivity contribution in [2.24, 2.45) is 5.73 Å². The predicted octanol–water partition coefficient (Wildman–Crippen LogP) is 2.86. The van der Waals surface area contributed by atoms with E-state index in [0.717, 1.165) is 16.7 Å². The molecule has 0 bridgehead atoms. The molecule has 0 amide bonds. The molecule has 1 atom stereocenters. The molecule has 25 heavy (non-hydrogen) atoms. The van der Waals surface area contributed by atoms with Crippen molar-refractivity contribution in [3.05, 3.63) is 69.3 Å². The normalized spacial score (nSPS) is 12.2. The zero-order valence-electron chi connectivity index (χ0n) is 13.5. The maximum absolute atomic E-state index is 14.3. The Bertz CT molecular complexity index is 1100. The van der Waals surface area contributed by atoms with Crippen molar-refractivity contribution in [3.8, 4) is 11.8 Å². The van der Waals surface area contributed by atoms with Gasteiger partial charge >= 0.3 is 0 Å². The van der Waals surface area contributed by atoms with Crippen LogP contribution in [-0.4, -0.2) is 9.55 Å². The lowest BCUT2D eigenvalue weighted by Gasteiger charge is -2.17. The fourth-order valence-corrected chi connectivity index (χ4v) is 2.72. The van der Waals surface area contributed by atoms with E-state index in [4.69, 9.17) is 11.0 Å². The molecule has 0 aliphatic rings. The molecule has 5 nitrogen and oxygen atoms in total. The molecule has 2 N–H and O–H groups in total. The molecule has 1 heterocycles. The van der Waals surface area contributed by atoms with E-state index in [-0.39, 0.29) is 28.0 Å². The Morgan fingerprint density at radius 3 is 2.64 bits per heavy atom. The van der Waals surface area contributed by atoms with Gasteiger partial charge in [-0.1, -0.05) is 6.07 Å². The van der Waals surface area contributed by atoms with Gasteiger partial charge in [0.15, 0.2) is 0 Å². The Morgan fingerprint density at radius 1 is 1.28 bits per heavy atom. The average molecular weight is 340 g/mol. The average Bonchev–Trinajstić information content (AvgIpc) is 2.56. The lowest BCUT2D eigenvalue weighted by atomic mass is 10.1. The maximum Gasteiger partial charge on any atom is 0.269 e. The molecule has 0 unspecified atom stereocenters. The number of nitrogens with two attached hydrogens (primary N) is 1. The van der Waals surface area contributed by atoms with Crippen LogP contribution in [0.2, 0.25) is 0 Å². The van der Waals surface area contributed by atoms with Crippen molar-refractivity contribution in [3.63, 3.8) is 0 Å². The first-order valence-corrected chi connectivity index (χ1v) is 7.52. The third-order valence-electron chi connectivity index (χ3n) is 3.88. The van der Waals surface area contributed by atoms with Crippen LogP contribution in [0.5, 0.6) is 0 Å². The van der Waals surface area contributed by atoms with Crippen LogP contribution < -0.4 is 11.3 Å². The number of halogens is 2. The fraction of sp³-hybridized carbons (Fsp3) is 0.167. The van der Waals surface area contributed by atoms with Crippen molar-refractivity contribution in [2.45, 2.75) is 19.9 Å². The van der Waals surface area contributed by atoms with E-state index in [1.54, 1.807) is 13.8 Å². The summed E-state index contributed by atoms with van der Waals surface area (Å²) in [5.41, 5.74) is 6.17. The summed E-state index contributed by atoms with van der Waals surface area (Å²) in [6.07, 6.45) is 0. The van der Waals surface area contributed by atoms with Crippen molar-refractivity contribution >= 4 is 10.9 Å². The standard InChI is InChI=1S/C18H14F2N4O/c1-9-3-4-14(20)15-16(9)23-17(10(2)22)24(18(15)25)13-6-11(8-21)5-12(19)7-13/h3-7,10H,22H2,1-2H3/t10-/m0/s1. The Labute approximate surface area is 142 Å². The summed E-state index contributed by atoms with van der Waals surface area (Å²) in [5, 5.41) is 8.83. The SMILES string of the molecule is Cc1ccc(F)c2c(=O)n(-c3cc(F)cc(C#N)c3)c([C@H](C)N)nc12. The predicted molar refractivity (Wildman–Crippen MR) is 89.3 cm³/mol. The molecule has 3 aromatic rings. The molecule has 0 spiro atoms. The first-order chi connectivity index (χ1) is 11.8. The highest BCUT2D eigenvalue weighted by Crippen LogP contribution is 2.22. The second kappa shape index (κ2) is 6.07. The number of hydrogen-bond acceptors (Lipinski definition) is 4. The summed E-state index contributed by atoms with van der Waals surface area (Å²) in [4.78, 5) is 17.3. The van der Waals surface area contributed by atoms with Crippen LogP contribution in [0.15, 0.2) is 35.1 Å². The smallest absolute Gasteiger partial charge is 0.269 e. The molecule has 3 rings (SSSR count). The highest BCUT2D eigenvalue weighted by atomic mass is 19.1. The summed E-state index contributed by atoms with van der Waals surface area (Å²) in [6, 6.07) is 7.31. The minimum Gasteiger partial charge on any atom is -0.322 e. The van der Waals surface area contributed by atoms with E-state index in [9.17, 15) is 13.6 Å². The van der Waals surface area contributed by atoms with E-state index in [1.165, 1.54) is 18.2 Å². The number of rotatable bonds is 2. The van der Waals surface area contributed by atoms with E-state index >= 15 is 0 Å². The Hall–Kier alpha value is -3.11. The van der Waals surface area contributed by atoms with Crippen LogP contribution in [-0.2, 0) is 0 Å². The Kier molecular flexibility index (Phi) is 4.07. The zero-order chi connectivity index (χ0) is 18.3. The number of fused-ring (bicyclic) bond motifs is 1. The Balaban J connectivity index is 2.51. The zero-order valence-corrected chi connectivity index (χ0v) is 13.5. The van der Waals surface area contributed by atoms with Gasteiger partial charge in [-0.2, -0.15) is 5.26 Å². The van der Waals surface area contributed by atoms with Crippen LogP contribution in [0.25, 0.3) is 16.6 Å². The van der Waals surface area contributed by atoms with Crippen molar-refractivity contribution in [2.75, 3.05) is 0 Å². The second-order valence-corrected chi connectivity index (χ2v) is 5.80. The topological polar surface area (TPSA) is 84.7 Å². The fourth-order valence-electron chi connectivity index (χ4n) is 2.72. The highest BCUT2D eigenvalue weighted by molar-refractivity contribution is 5.82. The van der Waals surface area contributed by atoms with Gasteiger partial charge < -0.3 is 5.73 Å². The molecular formula is C18H14F2N4O. The third-order valence-corrected chi connectivity index (χ3v) is 3.88. The minimum absolute atomic E-state index is 0.0299. The van der Waals surface area contributed by atoms with Crippen LogP contribution in [0.4, 0.5) is 8.78 Å². The molecule has 0 fully saturated rings. The number of hydrogen-bond donors (Lipinski definition) is 1. The number of aromatic nitrogens is 2. The number of aryl methyl sites for hydroxylation is 1. The first kappa shape index (κ1) is 16.7. The highest BCUT2D eigenvalue weighted by Gasteiger charge is 2.19. The molecule has 0 radical (unpaired) electrons. The summed E-state index contributed by atoms with van der Waals surface area (Å²) >= 11 is 0. The quantitative estimate of drug-likeness (QED) is 0.777. The molecular weight excluding hydrogens is 326 g/mol. The lowest BCUT2D eigenvalue weighted by molar-refractivity contribution is 0.621. The monoisotopic (exact) mass is 340 g/mol. The molecule has 0 aliphatic heterocycles. The van der Waals surface area contributed by atoms with Gasteiger partial charge in [0.1, 0.15) is 22.8 Å². The van der Waals surface area contributed by atoms with E-state index in [2.05, 4.69) is 4.98 Å². The Morgan fingerprint density at radius 2 is 2.00 bits per heavy atom. The maximum atomic E-state index is 14.3. The van der Waals surface area contributed by atoms with E-state index < -0.39 is 23.2 Å². The van der Waals surface area contributed by atoms with E-state index in [1.807, 2.05) is 6.07 Å². The van der Waals surface area contributed by atoms with Gasteiger partial charge in [-0.3, -0.25) is 9.36 Å². The van der Waals surface area contributed by atoms with Crippen molar-refractivity contribution in [1.29, 1.82) is 5.26 Å². The van der Waals surface area contributed by atoms with Crippen LogP contribution in [0.3, 0.4) is 0 Å². The molecule has 126 valence electrons. The van der Waals surface area contributed by atoms with Crippen molar-refractivity contribution in [1.82, 2.24) is 9.55 Å². The summed E-state index contributed by atoms with van der Waals surface area (Å²) in [6.45, 7) is 3.32. The summed E-state index contributed by atoms with van der Waals surface area (Å²) in [5.74, 6) is -1.26. The van der Waals surface area contributed by atoms with E-state index in [0.29, 0.717) is 5.56 Å². The van der Waals surface area contributed by atoms with Gasteiger partial charge in [0.2, 0.25) is 0 Å². The van der Waals surface area contributed by atoms with Crippen molar-refractivity contribution < 1.29 is 8.78 Å². The second-order valence-electron chi connectivity index (χ2n) is 5.80. The van der Waals surface area contributed by atoms with Gasteiger partial charge in [-0.05, 0) is 43.7 Å². The molecule has 0 aliphatic carbocycles. The summed E-state index contributed by atoms with van der Waals surface area (Å²) in [7, 11) is 0. The van der Waals surface area contributed by atoms with Gasteiger partial charge in [-0.15, -0.1) is 0 Å².